The molecule has 8 heteroatoms. The Hall–Kier alpha value is -2.84. The Morgan fingerprint density at radius 3 is 2.69 bits per heavy atom. The number of hydrogen-bond donors (Lipinski definition) is 2. The number of benzene rings is 2. The molecule has 1 amide bonds. The van der Waals surface area contributed by atoms with E-state index in [-0.39, 0.29) is 23.0 Å². The van der Waals surface area contributed by atoms with Gasteiger partial charge in [-0.2, -0.15) is 0 Å². The third kappa shape index (κ3) is 3.87. The first-order valence-corrected chi connectivity index (χ1v) is 9.47. The average molecular weight is 373 g/mol. The molecule has 0 aliphatic carbocycles. The molecule has 1 aromatic heterocycles. The zero-order chi connectivity index (χ0) is 18.7. The molecule has 0 fully saturated rings. The zero-order valence-corrected chi connectivity index (χ0v) is 15.0. The number of rotatable bonds is 6. The second-order valence-corrected chi connectivity index (χ2v) is 7.31. The van der Waals surface area contributed by atoms with Crippen molar-refractivity contribution in [1.29, 1.82) is 0 Å². The largest absolute Gasteiger partial charge is 0.495 e. The lowest BCUT2D eigenvalue weighted by atomic mass is 10.2. The molecule has 0 aliphatic rings. The van der Waals surface area contributed by atoms with Crippen molar-refractivity contribution in [3.8, 4) is 5.75 Å². The van der Waals surface area contributed by atoms with Gasteiger partial charge in [0.1, 0.15) is 10.6 Å². The van der Waals surface area contributed by atoms with Crippen LogP contribution in [0.4, 0.5) is 5.69 Å². The Bertz CT molecular complexity index is 1060. The molecular formula is C18H19N3O4S. The van der Waals surface area contributed by atoms with E-state index in [1.54, 1.807) is 6.07 Å². The van der Waals surface area contributed by atoms with Gasteiger partial charge in [0.05, 0.1) is 7.11 Å². The van der Waals surface area contributed by atoms with Crippen LogP contribution in [0, 0.1) is 0 Å². The van der Waals surface area contributed by atoms with Crippen molar-refractivity contribution in [2.45, 2.75) is 17.9 Å². The summed E-state index contributed by atoms with van der Waals surface area (Å²) in [5, 5.41) is 8.99. The van der Waals surface area contributed by atoms with Gasteiger partial charge in [0, 0.05) is 30.4 Å². The number of anilines is 1. The van der Waals surface area contributed by atoms with Gasteiger partial charge in [-0.3, -0.25) is 4.79 Å². The highest BCUT2D eigenvalue weighted by Crippen LogP contribution is 2.26. The molecule has 0 unspecified atom stereocenters. The van der Waals surface area contributed by atoms with Crippen LogP contribution >= 0.6 is 0 Å². The number of nitrogens with zero attached hydrogens (tertiary/aromatic N) is 1. The van der Waals surface area contributed by atoms with E-state index in [2.05, 4.69) is 5.32 Å². The van der Waals surface area contributed by atoms with Crippen molar-refractivity contribution >= 4 is 32.5 Å². The quantitative estimate of drug-likeness (QED) is 0.692. The van der Waals surface area contributed by atoms with E-state index < -0.39 is 10.0 Å². The highest BCUT2D eigenvalue weighted by Gasteiger charge is 2.16. The number of sulfonamides is 1. The van der Waals surface area contributed by atoms with E-state index in [9.17, 15) is 13.2 Å². The molecule has 1 heterocycles. The zero-order valence-electron chi connectivity index (χ0n) is 14.2. The third-order valence-electron chi connectivity index (χ3n) is 4.01. The van der Waals surface area contributed by atoms with Gasteiger partial charge < -0.3 is 14.6 Å². The van der Waals surface area contributed by atoms with Crippen molar-refractivity contribution in [2.75, 3.05) is 12.4 Å². The van der Waals surface area contributed by atoms with E-state index in [0.717, 1.165) is 10.9 Å². The van der Waals surface area contributed by atoms with Gasteiger partial charge in [-0.05, 0) is 35.7 Å². The number of nitrogens with two attached hydrogens (primary N) is 1. The molecule has 26 heavy (non-hydrogen) atoms. The molecule has 0 bridgehead atoms. The molecule has 0 saturated heterocycles. The Labute approximate surface area is 151 Å². The van der Waals surface area contributed by atoms with Gasteiger partial charge in [-0.15, -0.1) is 0 Å². The summed E-state index contributed by atoms with van der Waals surface area (Å²) in [4.78, 5) is 12.1. The highest BCUT2D eigenvalue weighted by atomic mass is 32.2. The number of nitrogens with one attached hydrogen (secondary N) is 1. The molecule has 0 radical (unpaired) electrons. The van der Waals surface area contributed by atoms with Gasteiger partial charge in [-0.25, -0.2) is 13.6 Å². The van der Waals surface area contributed by atoms with Crippen molar-refractivity contribution in [2.24, 2.45) is 5.14 Å². The van der Waals surface area contributed by atoms with E-state index in [4.69, 9.17) is 9.88 Å². The molecule has 3 N–H and O–H groups in total. The fourth-order valence-corrected chi connectivity index (χ4v) is 3.48. The molecule has 0 atom stereocenters. The van der Waals surface area contributed by atoms with Crippen molar-refractivity contribution in [3.05, 3.63) is 54.7 Å². The van der Waals surface area contributed by atoms with Crippen LogP contribution in [0.3, 0.4) is 0 Å². The molecular weight excluding hydrogens is 354 g/mol. The number of fused-ring (bicyclic) bond motifs is 1. The van der Waals surface area contributed by atoms with Crippen LogP contribution in [0.25, 0.3) is 10.9 Å². The number of ether oxygens (including phenoxy) is 1. The van der Waals surface area contributed by atoms with Crippen LogP contribution in [0.5, 0.6) is 5.75 Å². The second-order valence-electron chi connectivity index (χ2n) is 5.78. The number of aromatic nitrogens is 1. The Morgan fingerprint density at radius 1 is 1.19 bits per heavy atom. The lowest BCUT2D eigenvalue weighted by Gasteiger charge is -2.11. The van der Waals surface area contributed by atoms with Crippen LogP contribution in [0.2, 0.25) is 0 Å². The number of carbonyl (C=O) groups is 1. The van der Waals surface area contributed by atoms with Gasteiger partial charge >= 0.3 is 0 Å². The van der Waals surface area contributed by atoms with Gasteiger partial charge in [0.2, 0.25) is 15.9 Å². The first-order chi connectivity index (χ1) is 12.4. The topological polar surface area (TPSA) is 103 Å². The van der Waals surface area contributed by atoms with E-state index >= 15 is 0 Å². The number of hydrogen-bond acceptors (Lipinski definition) is 4. The van der Waals surface area contributed by atoms with Crippen LogP contribution in [-0.4, -0.2) is 26.0 Å². The smallest absolute Gasteiger partial charge is 0.241 e. The fraction of sp³-hybridized carbons (Fsp3) is 0.167. The summed E-state index contributed by atoms with van der Waals surface area (Å²) in [7, 11) is -2.61. The minimum Gasteiger partial charge on any atom is -0.495 e. The van der Waals surface area contributed by atoms with Crippen LogP contribution in [-0.2, 0) is 21.4 Å². The van der Waals surface area contributed by atoms with Crippen molar-refractivity contribution < 1.29 is 17.9 Å². The van der Waals surface area contributed by atoms with Crippen LogP contribution in [0.15, 0.2) is 59.6 Å². The number of carbonyl (C=O) groups excluding carboxylic acids is 1. The Balaban J connectivity index is 1.70. The number of aryl methyl sites for hydroxylation is 1. The Morgan fingerprint density at radius 2 is 1.96 bits per heavy atom. The van der Waals surface area contributed by atoms with Gasteiger partial charge in [0.15, 0.2) is 0 Å². The molecule has 0 spiro atoms. The first-order valence-electron chi connectivity index (χ1n) is 7.93. The maximum absolute atomic E-state index is 12.2. The highest BCUT2D eigenvalue weighted by molar-refractivity contribution is 7.89. The molecule has 136 valence electrons. The van der Waals surface area contributed by atoms with Gasteiger partial charge in [0.25, 0.3) is 0 Å². The molecule has 3 rings (SSSR count). The summed E-state index contributed by atoms with van der Waals surface area (Å²) in [6.07, 6.45) is 2.18. The predicted octanol–water partition coefficient (Wildman–Crippen LogP) is 2.33. The predicted molar refractivity (Wildman–Crippen MR) is 99.6 cm³/mol. The van der Waals surface area contributed by atoms with E-state index in [1.165, 1.54) is 19.2 Å². The third-order valence-corrected chi connectivity index (χ3v) is 4.95. The number of methoxy groups -OCH3 is 1. The van der Waals surface area contributed by atoms with E-state index in [0.29, 0.717) is 12.2 Å². The van der Waals surface area contributed by atoms with Crippen molar-refractivity contribution in [3.63, 3.8) is 0 Å². The lowest BCUT2D eigenvalue weighted by molar-refractivity contribution is -0.116. The standard InChI is InChI=1S/C18H19N3O4S/c1-25-16-7-6-14(12-17(16)26(19,23)24)20-18(22)9-11-21-10-8-13-4-2-3-5-15(13)21/h2-8,10,12H,9,11H2,1H3,(H,20,22)(H2,19,23,24). The average Bonchev–Trinajstić information content (AvgIpc) is 3.02. The van der Waals surface area contributed by atoms with E-state index in [1.807, 2.05) is 41.1 Å². The summed E-state index contributed by atoms with van der Waals surface area (Å²) >= 11 is 0. The molecule has 3 aromatic rings. The second kappa shape index (κ2) is 7.19. The molecule has 2 aromatic carbocycles. The van der Waals surface area contributed by atoms with Crippen LogP contribution in [0.1, 0.15) is 6.42 Å². The summed E-state index contributed by atoms with van der Waals surface area (Å²) in [5.41, 5.74) is 1.40. The van der Waals surface area contributed by atoms with Crippen molar-refractivity contribution in [1.82, 2.24) is 4.57 Å². The number of para-hydroxylation sites is 1. The fourth-order valence-electron chi connectivity index (χ4n) is 2.76. The normalized spacial score (nSPS) is 11.5. The molecule has 0 saturated carbocycles. The maximum Gasteiger partial charge on any atom is 0.241 e. The minimum atomic E-state index is -3.96. The number of primary sulfonamides is 1. The maximum atomic E-state index is 12.2. The minimum absolute atomic E-state index is 0.129. The lowest BCUT2D eigenvalue weighted by Crippen LogP contribution is -2.16. The number of amides is 1. The molecule has 0 aliphatic heterocycles. The first kappa shape index (κ1) is 18.0. The summed E-state index contributed by atoms with van der Waals surface area (Å²) in [6, 6.07) is 14.2. The molecule has 7 nitrogen and oxygen atoms in total. The Kier molecular flexibility index (Phi) is 4.97. The van der Waals surface area contributed by atoms with Crippen LogP contribution < -0.4 is 15.2 Å². The SMILES string of the molecule is COc1ccc(NC(=O)CCn2ccc3ccccc32)cc1S(N)(=O)=O. The van der Waals surface area contributed by atoms with Gasteiger partial charge in [-0.1, -0.05) is 18.2 Å². The summed E-state index contributed by atoms with van der Waals surface area (Å²) in [6.45, 7) is 0.511. The monoisotopic (exact) mass is 373 g/mol. The summed E-state index contributed by atoms with van der Waals surface area (Å²) in [5.74, 6) is -0.0994. The summed E-state index contributed by atoms with van der Waals surface area (Å²) < 4.78 is 30.3.